The van der Waals surface area contributed by atoms with Crippen LogP contribution in [-0.2, 0) is 11.3 Å². The number of nitrogens with one attached hydrogen (secondary N) is 2. The first-order chi connectivity index (χ1) is 10.4. The minimum atomic E-state index is -0.372. The molecule has 2 aromatic rings. The van der Waals surface area contributed by atoms with Crippen LogP contribution in [0.5, 0.6) is 0 Å². The smallest absolute Gasteiger partial charge is 0.251 e. The predicted octanol–water partition coefficient (Wildman–Crippen LogP) is 1.28. The van der Waals surface area contributed by atoms with E-state index >= 15 is 0 Å². The molecule has 0 saturated heterocycles. The minimum absolute atomic E-state index is 0.139. The summed E-state index contributed by atoms with van der Waals surface area (Å²) >= 11 is 0. The van der Waals surface area contributed by atoms with E-state index in [-0.39, 0.29) is 30.0 Å². The van der Waals surface area contributed by atoms with E-state index in [1.807, 2.05) is 25.3 Å². The molecule has 0 spiro atoms. The van der Waals surface area contributed by atoms with Gasteiger partial charge < -0.3 is 14.9 Å². The molecular formula is C15H21N5O2. The highest BCUT2D eigenvalue weighted by Crippen LogP contribution is 2.17. The lowest BCUT2D eigenvalue weighted by molar-refractivity contribution is -0.124. The number of nitrogens with zero attached hydrogens (tertiary/aromatic N) is 3. The van der Waals surface area contributed by atoms with Gasteiger partial charge in [0.05, 0.1) is 12.2 Å². The summed E-state index contributed by atoms with van der Waals surface area (Å²) in [6.07, 6.45) is 3.50. The lowest BCUT2D eigenvalue weighted by atomic mass is 10.2. The van der Waals surface area contributed by atoms with Gasteiger partial charge in [-0.25, -0.2) is 9.97 Å². The fraction of sp³-hybridized carbons (Fsp3) is 0.467. The van der Waals surface area contributed by atoms with Crippen LogP contribution in [0.1, 0.15) is 50.1 Å². The van der Waals surface area contributed by atoms with Gasteiger partial charge in [-0.15, -0.1) is 0 Å². The standard InChI is InChI=1S/C15H21N5O2/c1-9(2)14-16-5-6-20(14)10(3)15(22)17-8-12-7-13(21)19-11(4)18-12/h5-7,9-10H,8H2,1-4H3,(H,17,22)(H,18,19,21)/t10-/m0/s1. The molecule has 0 bridgehead atoms. The summed E-state index contributed by atoms with van der Waals surface area (Å²) in [5, 5.41) is 2.80. The maximum atomic E-state index is 12.3. The number of aromatic amines is 1. The SMILES string of the molecule is Cc1nc(CNC(=O)[C@H](C)n2ccnc2C(C)C)cc(=O)[nH]1. The zero-order valence-corrected chi connectivity index (χ0v) is 13.3. The summed E-state index contributed by atoms with van der Waals surface area (Å²) in [6.45, 7) is 7.81. The van der Waals surface area contributed by atoms with E-state index in [9.17, 15) is 9.59 Å². The molecular weight excluding hydrogens is 282 g/mol. The molecule has 0 saturated carbocycles. The highest BCUT2D eigenvalue weighted by atomic mass is 16.2. The van der Waals surface area contributed by atoms with E-state index in [2.05, 4.69) is 20.3 Å². The Labute approximate surface area is 128 Å². The molecule has 2 heterocycles. The summed E-state index contributed by atoms with van der Waals surface area (Å²) in [6, 6.07) is 1.01. The first-order valence-corrected chi connectivity index (χ1v) is 7.25. The molecule has 22 heavy (non-hydrogen) atoms. The molecule has 7 nitrogen and oxygen atoms in total. The van der Waals surface area contributed by atoms with E-state index in [4.69, 9.17) is 0 Å². The molecule has 118 valence electrons. The van der Waals surface area contributed by atoms with Crippen molar-refractivity contribution >= 4 is 5.91 Å². The maximum Gasteiger partial charge on any atom is 0.251 e. The van der Waals surface area contributed by atoms with Gasteiger partial charge in [0.1, 0.15) is 17.7 Å². The van der Waals surface area contributed by atoms with Gasteiger partial charge in [0.2, 0.25) is 5.91 Å². The Kier molecular flexibility index (Phi) is 4.75. The lowest BCUT2D eigenvalue weighted by Gasteiger charge is -2.17. The van der Waals surface area contributed by atoms with Crippen molar-refractivity contribution in [1.82, 2.24) is 24.8 Å². The predicted molar refractivity (Wildman–Crippen MR) is 82.5 cm³/mol. The number of carbonyl (C=O) groups is 1. The van der Waals surface area contributed by atoms with Gasteiger partial charge in [0.25, 0.3) is 5.56 Å². The molecule has 0 radical (unpaired) electrons. The van der Waals surface area contributed by atoms with Crippen LogP contribution in [0.25, 0.3) is 0 Å². The molecule has 0 aliphatic heterocycles. The van der Waals surface area contributed by atoms with Crippen LogP contribution >= 0.6 is 0 Å². The van der Waals surface area contributed by atoms with Crippen molar-refractivity contribution in [2.45, 2.75) is 46.2 Å². The summed E-state index contributed by atoms with van der Waals surface area (Å²) < 4.78 is 1.86. The van der Waals surface area contributed by atoms with Crippen LogP contribution in [0.2, 0.25) is 0 Å². The zero-order chi connectivity index (χ0) is 16.3. The quantitative estimate of drug-likeness (QED) is 0.870. The van der Waals surface area contributed by atoms with E-state index in [0.717, 1.165) is 5.82 Å². The van der Waals surface area contributed by atoms with Gasteiger partial charge in [-0.3, -0.25) is 9.59 Å². The summed E-state index contributed by atoms with van der Waals surface area (Å²) in [5.41, 5.74) is 0.318. The average Bonchev–Trinajstić information content (AvgIpc) is 2.92. The van der Waals surface area contributed by atoms with E-state index in [1.54, 1.807) is 19.3 Å². The first-order valence-electron chi connectivity index (χ1n) is 7.25. The van der Waals surface area contributed by atoms with Gasteiger partial charge in [-0.1, -0.05) is 13.8 Å². The van der Waals surface area contributed by atoms with Crippen molar-refractivity contribution < 1.29 is 4.79 Å². The molecule has 0 aliphatic rings. The fourth-order valence-electron chi connectivity index (χ4n) is 2.28. The number of hydrogen-bond donors (Lipinski definition) is 2. The lowest BCUT2D eigenvalue weighted by Crippen LogP contribution is -2.32. The van der Waals surface area contributed by atoms with Crippen LogP contribution in [0.3, 0.4) is 0 Å². The van der Waals surface area contributed by atoms with Crippen molar-refractivity contribution in [2.24, 2.45) is 0 Å². The molecule has 7 heteroatoms. The van der Waals surface area contributed by atoms with Crippen molar-refractivity contribution in [3.63, 3.8) is 0 Å². The Hall–Kier alpha value is -2.44. The largest absolute Gasteiger partial charge is 0.349 e. The molecule has 2 N–H and O–H groups in total. The highest BCUT2D eigenvalue weighted by molar-refractivity contribution is 5.79. The second-order valence-electron chi connectivity index (χ2n) is 5.56. The first kappa shape index (κ1) is 15.9. The van der Waals surface area contributed by atoms with Gasteiger partial charge in [0, 0.05) is 24.4 Å². The third kappa shape index (κ3) is 3.60. The fourth-order valence-corrected chi connectivity index (χ4v) is 2.28. The summed E-state index contributed by atoms with van der Waals surface area (Å²) in [4.78, 5) is 34.7. The Morgan fingerprint density at radius 3 is 2.77 bits per heavy atom. The third-order valence-electron chi connectivity index (χ3n) is 3.37. The number of amides is 1. The Bertz CT molecular complexity index is 717. The van der Waals surface area contributed by atoms with Gasteiger partial charge in [-0.05, 0) is 13.8 Å². The topological polar surface area (TPSA) is 92.7 Å². The number of H-pyrrole nitrogens is 1. The number of rotatable bonds is 5. The van der Waals surface area contributed by atoms with Crippen LogP contribution in [0.15, 0.2) is 23.3 Å². The molecule has 0 aromatic carbocycles. The molecule has 0 unspecified atom stereocenters. The number of aryl methyl sites for hydroxylation is 1. The van der Waals surface area contributed by atoms with Crippen molar-refractivity contribution in [1.29, 1.82) is 0 Å². The summed E-state index contributed by atoms with van der Waals surface area (Å²) in [7, 11) is 0. The molecule has 0 aliphatic carbocycles. The van der Waals surface area contributed by atoms with Crippen molar-refractivity contribution in [3.05, 3.63) is 46.2 Å². The van der Waals surface area contributed by atoms with Crippen molar-refractivity contribution in [2.75, 3.05) is 0 Å². The average molecular weight is 303 g/mol. The molecule has 0 fully saturated rings. The monoisotopic (exact) mass is 303 g/mol. The molecule has 1 atom stereocenters. The van der Waals surface area contributed by atoms with Gasteiger partial charge in [0.15, 0.2) is 0 Å². The van der Waals surface area contributed by atoms with E-state index < -0.39 is 0 Å². The maximum absolute atomic E-state index is 12.3. The summed E-state index contributed by atoms with van der Waals surface area (Å²) in [5.74, 6) is 1.50. The molecule has 2 aromatic heterocycles. The Balaban J connectivity index is 2.05. The molecule has 2 rings (SSSR count). The van der Waals surface area contributed by atoms with Crippen molar-refractivity contribution in [3.8, 4) is 0 Å². The molecule has 1 amide bonds. The zero-order valence-electron chi connectivity index (χ0n) is 13.3. The van der Waals surface area contributed by atoms with Crippen LogP contribution < -0.4 is 10.9 Å². The number of carbonyl (C=O) groups excluding carboxylic acids is 1. The van der Waals surface area contributed by atoms with Gasteiger partial charge in [-0.2, -0.15) is 0 Å². The third-order valence-corrected chi connectivity index (χ3v) is 3.37. The Morgan fingerprint density at radius 1 is 1.41 bits per heavy atom. The number of imidazole rings is 1. The highest BCUT2D eigenvalue weighted by Gasteiger charge is 2.19. The van der Waals surface area contributed by atoms with Crippen LogP contribution in [0.4, 0.5) is 0 Å². The van der Waals surface area contributed by atoms with Crippen LogP contribution in [0, 0.1) is 6.92 Å². The second-order valence-corrected chi connectivity index (χ2v) is 5.56. The van der Waals surface area contributed by atoms with Gasteiger partial charge >= 0.3 is 0 Å². The second kappa shape index (κ2) is 6.55. The minimum Gasteiger partial charge on any atom is -0.349 e. The Morgan fingerprint density at radius 2 is 2.14 bits per heavy atom. The van der Waals surface area contributed by atoms with Crippen LogP contribution in [-0.4, -0.2) is 25.4 Å². The number of hydrogen-bond acceptors (Lipinski definition) is 4. The van der Waals surface area contributed by atoms with E-state index in [0.29, 0.717) is 11.5 Å². The van der Waals surface area contributed by atoms with E-state index in [1.165, 1.54) is 6.07 Å². The number of aromatic nitrogens is 4. The normalized spacial score (nSPS) is 12.4.